The molecule has 1 saturated heterocycles. The Hall–Kier alpha value is -2.57. The minimum Gasteiger partial charge on any atom is -0.379 e. The number of hydrogen-bond donors (Lipinski definition) is 1. The Kier molecular flexibility index (Phi) is 4.22. The molecule has 0 amide bonds. The van der Waals surface area contributed by atoms with Gasteiger partial charge in [0.2, 0.25) is 0 Å². The van der Waals surface area contributed by atoms with Crippen molar-refractivity contribution in [2.45, 2.75) is 18.4 Å². The average Bonchev–Trinajstić information content (AvgIpc) is 3.54. The van der Waals surface area contributed by atoms with E-state index < -0.39 is 0 Å². The fourth-order valence-electron chi connectivity index (χ4n) is 3.87. The average molecular weight is 361 g/mol. The Balaban J connectivity index is 1.45. The second kappa shape index (κ2) is 6.87. The van der Waals surface area contributed by atoms with Crippen molar-refractivity contribution in [1.29, 1.82) is 0 Å². The highest BCUT2D eigenvalue weighted by atomic mass is 16.5. The molecule has 1 aliphatic heterocycles. The Morgan fingerprint density at radius 2 is 1.89 bits per heavy atom. The monoisotopic (exact) mass is 361 g/mol. The van der Waals surface area contributed by atoms with E-state index in [1.807, 2.05) is 36.5 Å². The maximum absolute atomic E-state index is 5.52. The predicted octanol–water partition coefficient (Wildman–Crippen LogP) is 2.97. The number of morpholine rings is 1. The third kappa shape index (κ3) is 3.26. The largest absolute Gasteiger partial charge is 0.379 e. The molecular weight excluding hydrogens is 338 g/mol. The highest BCUT2D eigenvalue weighted by Crippen LogP contribution is 2.42. The number of nitrogens with zero attached hydrogens (tertiary/aromatic N) is 4. The van der Waals surface area contributed by atoms with Crippen LogP contribution < -0.4 is 5.32 Å². The van der Waals surface area contributed by atoms with Crippen LogP contribution in [0.4, 0.5) is 5.82 Å². The number of nitrogens with one attached hydrogen (secondary N) is 1. The van der Waals surface area contributed by atoms with Crippen molar-refractivity contribution in [2.75, 3.05) is 38.2 Å². The topological polar surface area (TPSA) is 63.2 Å². The highest BCUT2D eigenvalue weighted by Gasteiger charge is 2.48. The lowest BCUT2D eigenvalue weighted by Crippen LogP contribution is -2.48. The van der Waals surface area contributed by atoms with Crippen LogP contribution in [0.3, 0.4) is 0 Å². The fraction of sp³-hybridized carbons (Fsp3) is 0.381. The second-order valence-corrected chi connectivity index (χ2v) is 7.33. The molecule has 0 atom stereocenters. The molecule has 2 aliphatic rings. The van der Waals surface area contributed by atoms with E-state index in [4.69, 9.17) is 14.7 Å². The van der Waals surface area contributed by atoms with E-state index in [2.05, 4.69) is 21.3 Å². The van der Waals surface area contributed by atoms with Gasteiger partial charge in [-0.1, -0.05) is 12.1 Å². The Morgan fingerprint density at radius 3 is 2.67 bits per heavy atom. The lowest BCUT2D eigenvalue weighted by atomic mass is 10.1. The van der Waals surface area contributed by atoms with E-state index in [1.165, 1.54) is 12.8 Å². The number of para-hydroxylation sites is 1. The van der Waals surface area contributed by atoms with Gasteiger partial charge in [-0.2, -0.15) is 0 Å². The van der Waals surface area contributed by atoms with Gasteiger partial charge in [0.25, 0.3) is 0 Å². The third-order valence-corrected chi connectivity index (χ3v) is 5.62. The number of benzene rings is 1. The van der Waals surface area contributed by atoms with Gasteiger partial charge in [0.15, 0.2) is 5.82 Å². The van der Waals surface area contributed by atoms with Gasteiger partial charge in [-0.15, -0.1) is 0 Å². The van der Waals surface area contributed by atoms with Crippen molar-refractivity contribution in [3.05, 3.63) is 48.8 Å². The van der Waals surface area contributed by atoms with Gasteiger partial charge in [-0.25, -0.2) is 9.97 Å². The molecule has 0 spiro atoms. The van der Waals surface area contributed by atoms with E-state index in [-0.39, 0.29) is 5.54 Å². The van der Waals surface area contributed by atoms with Crippen LogP contribution in [0.25, 0.3) is 22.3 Å². The first-order valence-corrected chi connectivity index (χ1v) is 9.58. The Labute approximate surface area is 158 Å². The molecule has 0 bridgehead atoms. The standard InChI is InChI=1S/C21H23N5O/c1-2-6-18-17(5-1)20(25-19(24-18)16-4-3-9-22-14-16)23-15-21(7-8-21)26-10-12-27-13-11-26/h1-6,9,14H,7-8,10-13,15H2,(H,23,24,25). The van der Waals surface area contributed by atoms with Crippen LogP contribution >= 0.6 is 0 Å². The van der Waals surface area contributed by atoms with Gasteiger partial charge in [-0.05, 0) is 37.1 Å². The van der Waals surface area contributed by atoms with Crippen LogP contribution in [0, 0.1) is 0 Å². The smallest absolute Gasteiger partial charge is 0.163 e. The summed E-state index contributed by atoms with van der Waals surface area (Å²) in [6, 6.07) is 12.1. The van der Waals surface area contributed by atoms with Gasteiger partial charge in [0.05, 0.1) is 18.7 Å². The summed E-state index contributed by atoms with van der Waals surface area (Å²) < 4.78 is 5.52. The van der Waals surface area contributed by atoms with Crippen LogP contribution in [-0.4, -0.2) is 58.2 Å². The predicted molar refractivity (Wildman–Crippen MR) is 106 cm³/mol. The van der Waals surface area contributed by atoms with Gasteiger partial charge in [-0.3, -0.25) is 9.88 Å². The van der Waals surface area contributed by atoms with E-state index >= 15 is 0 Å². The maximum atomic E-state index is 5.52. The molecular formula is C21H23N5O. The molecule has 27 heavy (non-hydrogen) atoms. The maximum Gasteiger partial charge on any atom is 0.163 e. The molecule has 1 aliphatic carbocycles. The first-order valence-electron chi connectivity index (χ1n) is 9.58. The van der Waals surface area contributed by atoms with Crippen LogP contribution in [0.15, 0.2) is 48.8 Å². The number of rotatable bonds is 5. The third-order valence-electron chi connectivity index (χ3n) is 5.62. The molecule has 6 heteroatoms. The zero-order valence-electron chi connectivity index (χ0n) is 15.3. The van der Waals surface area contributed by atoms with E-state index in [9.17, 15) is 0 Å². The number of anilines is 1. The second-order valence-electron chi connectivity index (χ2n) is 7.33. The van der Waals surface area contributed by atoms with Crippen LogP contribution in [0.1, 0.15) is 12.8 Å². The lowest BCUT2D eigenvalue weighted by molar-refractivity contribution is 0.0125. The summed E-state index contributed by atoms with van der Waals surface area (Å²) in [6.45, 7) is 4.62. The van der Waals surface area contributed by atoms with Crippen molar-refractivity contribution in [3.8, 4) is 11.4 Å². The SMILES string of the molecule is c1cncc(-c2nc(NCC3(N4CCOCC4)CC3)c3ccccc3n2)c1. The number of hydrogen-bond acceptors (Lipinski definition) is 6. The first-order chi connectivity index (χ1) is 13.3. The molecule has 138 valence electrons. The molecule has 6 nitrogen and oxygen atoms in total. The molecule has 0 unspecified atom stereocenters. The summed E-state index contributed by atoms with van der Waals surface area (Å²) in [6.07, 6.45) is 6.05. The Bertz CT molecular complexity index is 936. The van der Waals surface area contributed by atoms with Crippen molar-refractivity contribution < 1.29 is 4.74 Å². The molecule has 0 radical (unpaired) electrons. The number of aromatic nitrogens is 3. The molecule has 1 saturated carbocycles. The first kappa shape index (κ1) is 16.6. The van der Waals surface area contributed by atoms with Crippen LogP contribution in [0.2, 0.25) is 0 Å². The van der Waals surface area contributed by atoms with E-state index in [0.717, 1.165) is 55.1 Å². The summed E-state index contributed by atoms with van der Waals surface area (Å²) >= 11 is 0. The summed E-state index contributed by atoms with van der Waals surface area (Å²) in [4.78, 5) is 16.4. The number of fused-ring (bicyclic) bond motifs is 1. The normalized spacial score (nSPS) is 19.1. The van der Waals surface area contributed by atoms with E-state index in [0.29, 0.717) is 5.82 Å². The molecule has 5 rings (SSSR count). The van der Waals surface area contributed by atoms with Crippen LogP contribution in [-0.2, 0) is 4.74 Å². The number of pyridine rings is 1. The molecule has 2 aromatic heterocycles. The molecule has 3 heterocycles. The molecule has 2 fully saturated rings. The summed E-state index contributed by atoms with van der Waals surface area (Å²) in [7, 11) is 0. The quantitative estimate of drug-likeness (QED) is 0.754. The molecule has 1 aromatic carbocycles. The van der Waals surface area contributed by atoms with Gasteiger partial charge < -0.3 is 10.1 Å². The minimum absolute atomic E-state index is 0.254. The zero-order chi connectivity index (χ0) is 18.1. The van der Waals surface area contributed by atoms with Crippen molar-refractivity contribution >= 4 is 16.7 Å². The number of ether oxygens (including phenoxy) is 1. The minimum atomic E-state index is 0.254. The van der Waals surface area contributed by atoms with Crippen molar-refractivity contribution in [3.63, 3.8) is 0 Å². The van der Waals surface area contributed by atoms with Crippen molar-refractivity contribution in [2.24, 2.45) is 0 Å². The summed E-state index contributed by atoms with van der Waals surface area (Å²) in [5.41, 5.74) is 2.13. The fourth-order valence-corrected chi connectivity index (χ4v) is 3.87. The van der Waals surface area contributed by atoms with E-state index in [1.54, 1.807) is 6.20 Å². The molecule has 3 aromatic rings. The highest BCUT2D eigenvalue weighted by molar-refractivity contribution is 5.90. The van der Waals surface area contributed by atoms with Gasteiger partial charge >= 0.3 is 0 Å². The van der Waals surface area contributed by atoms with Crippen LogP contribution in [0.5, 0.6) is 0 Å². The summed E-state index contributed by atoms with van der Waals surface area (Å²) in [5.74, 6) is 1.61. The summed E-state index contributed by atoms with van der Waals surface area (Å²) in [5, 5.41) is 4.70. The zero-order valence-corrected chi connectivity index (χ0v) is 15.3. The van der Waals surface area contributed by atoms with Gasteiger partial charge in [0.1, 0.15) is 5.82 Å². The van der Waals surface area contributed by atoms with Crippen molar-refractivity contribution in [1.82, 2.24) is 19.9 Å². The lowest BCUT2D eigenvalue weighted by Gasteiger charge is -2.35. The molecule has 1 N–H and O–H groups in total. The van der Waals surface area contributed by atoms with Gasteiger partial charge in [0, 0.05) is 48.5 Å². The Morgan fingerprint density at radius 1 is 1.04 bits per heavy atom.